The SMILES string of the molecule is COC(=O)c1nn2c(c1Cl)CCCC2. The highest BCUT2D eigenvalue weighted by Gasteiger charge is 2.23. The molecule has 0 radical (unpaired) electrons. The van der Waals surface area contributed by atoms with Crippen LogP contribution in [0.4, 0.5) is 0 Å². The summed E-state index contributed by atoms with van der Waals surface area (Å²) in [5, 5.41) is 4.59. The molecule has 2 heterocycles. The number of nitrogens with zero attached hydrogens (tertiary/aromatic N) is 2. The number of aryl methyl sites for hydroxylation is 1. The summed E-state index contributed by atoms with van der Waals surface area (Å²) in [4.78, 5) is 11.3. The minimum Gasteiger partial charge on any atom is -0.464 e. The Hall–Kier alpha value is -1.03. The van der Waals surface area contributed by atoms with Crippen molar-refractivity contribution in [2.24, 2.45) is 0 Å². The molecule has 1 aromatic heterocycles. The molecule has 14 heavy (non-hydrogen) atoms. The third-order valence-corrected chi connectivity index (χ3v) is 2.80. The van der Waals surface area contributed by atoms with Crippen LogP contribution in [0.2, 0.25) is 5.02 Å². The highest BCUT2D eigenvalue weighted by atomic mass is 35.5. The summed E-state index contributed by atoms with van der Waals surface area (Å²) < 4.78 is 6.40. The highest BCUT2D eigenvalue weighted by molar-refractivity contribution is 6.34. The average molecular weight is 215 g/mol. The molecule has 0 saturated carbocycles. The van der Waals surface area contributed by atoms with Crippen molar-refractivity contribution in [1.29, 1.82) is 0 Å². The van der Waals surface area contributed by atoms with Gasteiger partial charge in [0.15, 0.2) is 5.69 Å². The number of hydrogen-bond acceptors (Lipinski definition) is 3. The molecule has 0 aliphatic carbocycles. The van der Waals surface area contributed by atoms with Crippen LogP contribution in [0.3, 0.4) is 0 Å². The van der Waals surface area contributed by atoms with Gasteiger partial charge >= 0.3 is 5.97 Å². The fraction of sp³-hybridized carbons (Fsp3) is 0.556. The molecule has 1 aliphatic rings. The maximum absolute atomic E-state index is 11.3. The third kappa shape index (κ3) is 1.39. The van der Waals surface area contributed by atoms with Crippen LogP contribution in [0.15, 0.2) is 0 Å². The first-order chi connectivity index (χ1) is 6.74. The van der Waals surface area contributed by atoms with Crippen molar-refractivity contribution in [3.8, 4) is 0 Å². The van der Waals surface area contributed by atoms with E-state index in [0.717, 1.165) is 31.5 Å². The van der Waals surface area contributed by atoms with E-state index in [1.54, 1.807) is 4.68 Å². The second kappa shape index (κ2) is 3.61. The zero-order valence-electron chi connectivity index (χ0n) is 7.92. The summed E-state index contributed by atoms with van der Waals surface area (Å²) in [6.45, 7) is 0.839. The Morgan fingerprint density at radius 3 is 3.00 bits per heavy atom. The van der Waals surface area contributed by atoms with Gasteiger partial charge in [-0.2, -0.15) is 5.10 Å². The molecule has 0 bridgehead atoms. The van der Waals surface area contributed by atoms with Crippen LogP contribution in [-0.2, 0) is 17.7 Å². The summed E-state index contributed by atoms with van der Waals surface area (Å²) in [5.41, 5.74) is 1.20. The van der Waals surface area contributed by atoms with Crippen molar-refractivity contribution in [3.05, 3.63) is 16.4 Å². The lowest BCUT2D eigenvalue weighted by Crippen LogP contribution is -2.11. The van der Waals surface area contributed by atoms with Gasteiger partial charge in [-0.3, -0.25) is 4.68 Å². The topological polar surface area (TPSA) is 44.1 Å². The van der Waals surface area contributed by atoms with Crippen molar-refractivity contribution >= 4 is 17.6 Å². The monoisotopic (exact) mass is 214 g/mol. The lowest BCUT2D eigenvalue weighted by Gasteiger charge is -2.12. The Kier molecular flexibility index (Phi) is 2.46. The zero-order chi connectivity index (χ0) is 10.1. The summed E-state index contributed by atoms with van der Waals surface area (Å²) in [7, 11) is 1.33. The summed E-state index contributed by atoms with van der Waals surface area (Å²) in [5.74, 6) is -0.461. The summed E-state index contributed by atoms with van der Waals surface area (Å²) in [6.07, 6.45) is 3.08. The maximum Gasteiger partial charge on any atom is 0.360 e. The smallest absolute Gasteiger partial charge is 0.360 e. The van der Waals surface area contributed by atoms with Gasteiger partial charge in [-0.05, 0) is 19.3 Å². The minimum atomic E-state index is -0.461. The number of carbonyl (C=O) groups excluding carboxylic acids is 1. The Morgan fingerprint density at radius 2 is 2.36 bits per heavy atom. The Bertz CT molecular complexity index is 373. The standard InChI is InChI=1S/C9H11ClN2O2/c1-14-9(13)8-7(10)6-4-2-3-5-12(6)11-8/h2-5H2,1H3. The lowest BCUT2D eigenvalue weighted by molar-refractivity contribution is 0.0593. The molecule has 4 nitrogen and oxygen atoms in total. The molecule has 2 rings (SSSR count). The van der Waals surface area contributed by atoms with Gasteiger partial charge in [-0.1, -0.05) is 11.6 Å². The minimum absolute atomic E-state index is 0.242. The Balaban J connectivity index is 2.43. The van der Waals surface area contributed by atoms with E-state index in [9.17, 15) is 4.79 Å². The number of esters is 1. The fourth-order valence-corrected chi connectivity index (χ4v) is 1.99. The number of halogens is 1. The van der Waals surface area contributed by atoms with Gasteiger partial charge < -0.3 is 4.74 Å². The van der Waals surface area contributed by atoms with E-state index in [0.29, 0.717) is 5.02 Å². The van der Waals surface area contributed by atoms with E-state index >= 15 is 0 Å². The largest absolute Gasteiger partial charge is 0.464 e. The van der Waals surface area contributed by atoms with Crippen molar-refractivity contribution < 1.29 is 9.53 Å². The van der Waals surface area contributed by atoms with Crippen LogP contribution in [-0.4, -0.2) is 22.9 Å². The number of hydrogen-bond donors (Lipinski definition) is 0. The van der Waals surface area contributed by atoms with Gasteiger partial charge in [-0.25, -0.2) is 4.79 Å². The molecule has 0 spiro atoms. The number of rotatable bonds is 1. The first kappa shape index (κ1) is 9.52. The van der Waals surface area contributed by atoms with Crippen LogP contribution < -0.4 is 0 Å². The molecular formula is C9H11ClN2O2. The number of aromatic nitrogens is 2. The molecule has 0 aromatic carbocycles. The molecule has 0 N–H and O–H groups in total. The third-order valence-electron chi connectivity index (χ3n) is 2.41. The van der Waals surface area contributed by atoms with E-state index in [1.165, 1.54) is 7.11 Å². The van der Waals surface area contributed by atoms with Crippen molar-refractivity contribution in [2.45, 2.75) is 25.8 Å². The molecule has 5 heteroatoms. The zero-order valence-corrected chi connectivity index (χ0v) is 8.67. The normalized spacial score (nSPS) is 15.0. The predicted molar refractivity (Wildman–Crippen MR) is 51.5 cm³/mol. The van der Waals surface area contributed by atoms with Gasteiger partial charge in [0.05, 0.1) is 17.8 Å². The van der Waals surface area contributed by atoms with Crippen molar-refractivity contribution in [1.82, 2.24) is 9.78 Å². The number of ether oxygens (including phenoxy) is 1. The number of methoxy groups -OCH3 is 1. The van der Waals surface area contributed by atoms with Crippen LogP contribution in [0.1, 0.15) is 29.0 Å². The van der Waals surface area contributed by atoms with Gasteiger partial charge in [-0.15, -0.1) is 0 Å². The van der Waals surface area contributed by atoms with Crippen molar-refractivity contribution in [3.63, 3.8) is 0 Å². The van der Waals surface area contributed by atoms with E-state index in [-0.39, 0.29) is 5.69 Å². The Morgan fingerprint density at radius 1 is 1.57 bits per heavy atom. The van der Waals surface area contributed by atoms with Crippen LogP contribution in [0.5, 0.6) is 0 Å². The molecular weight excluding hydrogens is 204 g/mol. The molecule has 76 valence electrons. The average Bonchev–Trinajstić information content (AvgIpc) is 2.56. The number of fused-ring (bicyclic) bond motifs is 1. The second-order valence-corrected chi connectivity index (χ2v) is 3.66. The first-order valence-electron chi connectivity index (χ1n) is 4.57. The molecule has 0 saturated heterocycles. The molecule has 1 aromatic rings. The predicted octanol–water partition coefficient (Wildman–Crippen LogP) is 1.66. The molecule has 0 amide bonds. The van der Waals surface area contributed by atoms with Gasteiger partial charge in [0.1, 0.15) is 0 Å². The molecule has 1 aliphatic heterocycles. The quantitative estimate of drug-likeness (QED) is 0.668. The van der Waals surface area contributed by atoms with E-state index < -0.39 is 5.97 Å². The highest BCUT2D eigenvalue weighted by Crippen LogP contribution is 2.26. The van der Waals surface area contributed by atoms with E-state index in [2.05, 4.69) is 9.84 Å². The Labute approximate surface area is 86.8 Å². The van der Waals surface area contributed by atoms with Crippen LogP contribution in [0, 0.1) is 0 Å². The number of carbonyl (C=O) groups is 1. The lowest BCUT2D eigenvalue weighted by atomic mass is 10.1. The van der Waals surface area contributed by atoms with Crippen molar-refractivity contribution in [2.75, 3.05) is 7.11 Å². The van der Waals surface area contributed by atoms with Gasteiger partial charge in [0.2, 0.25) is 0 Å². The van der Waals surface area contributed by atoms with Crippen LogP contribution in [0.25, 0.3) is 0 Å². The van der Waals surface area contributed by atoms with E-state index in [1.807, 2.05) is 0 Å². The van der Waals surface area contributed by atoms with E-state index in [4.69, 9.17) is 11.6 Å². The molecule has 0 unspecified atom stereocenters. The fourth-order valence-electron chi connectivity index (χ4n) is 1.68. The molecule has 0 fully saturated rings. The van der Waals surface area contributed by atoms with Gasteiger partial charge in [0, 0.05) is 6.54 Å². The van der Waals surface area contributed by atoms with Gasteiger partial charge in [0.25, 0.3) is 0 Å². The second-order valence-electron chi connectivity index (χ2n) is 3.28. The summed E-state index contributed by atoms with van der Waals surface area (Å²) in [6, 6.07) is 0. The summed E-state index contributed by atoms with van der Waals surface area (Å²) >= 11 is 6.03. The maximum atomic E-state index is 11.3. The van der Waals surface area contributed by atoms with Crippen LogP contribution >= 0.6 is 11.6 Å². The first-order valence-corrected chi connectivity index (χ1v) is 4.95. The molecule has 0 atom stereocenters.